The molecule has 1 amide bonds. The maximum Gasteiger partial charge on any atom is 0.227 e. The Morgan fingerprint density at radius 3 is 2.73 bits per heavy atom. The maximum atomic E-state index is 13.3. The van der Waals surface area contributed by atoms with Gasteiger partial charge in [0.05, 0.1) is 24.2 Å². The van der Waals surface area contributed by atoms with E-state index in [1.54, 1.807) is 17.2 Å². The molecule has 4 rings (SSSR count). The lowest BCUT2D eigenvalue weighted by Crippen LogP contribution is -2.41. The second-order valence-electron chi connectivity index (χ2n) is 8.03. The lowest BCUT2D eigenvalue weighted by Gasteiger charge is -2.28. The second kappa shape index (κ2) is 8.08. The van der Waals surface area contributed by atoms with E-state index < -0.39 is 9.84 Å². The Labute approximate surface area is 181 Å². The first kappa shape index (κ1) is 20.9. The maximum absolute atomic E-state index is 13.3. The third-order valence-electron chi connectivity index (χ3n) is 5.89. The molecule has 1 aliphatic heterocycles. The summed E-state index contributed by atoms with van der Waals surface area (Å²) in [6.07, 6.45) is 2.25. The van der Waals surface area contributed by atoms with Crippen molar-refractivity contribution in [3.63, 3.8) is 0 Å². The highest BCUT2D eigenvalue weighted by molar-refractivity contribution is 7.91. The third kappa shape index (κ3) is 4.25. The van der Waals surface area contributed by atoms with Gasteiger partial charge in [-0.1, -0.05) is 35.9 Å². The smallest absolute Gasteiger partial charge is 0.227 e. The van der Waals surface area contributed by atoms with Crippen LogP contribution in [0.1, 0.15) is 28.7 Å². The van der Waals surface area contributed by atoms with E-state index in [1.807, 2.05) is 44.2 Å². The standard InChI is InChI=1S/C23H24ClNO4S/c1-15-6-7-21-18(13-29-23(21)16(15)2)11-22(26)25(20-8-9-30(27,28)14-20)12-17-4-3-5-19(24)10-17/h3-7,10,13,20H,8-9,11-12,14H2,1-2H3. The lowest BCUT2D eigenvalue weighted by molar-refractivity contribution is -0.133. The molecule has 0 N–H and O–H groups in total. The molecule has 1 atom stereocenters. The van der Waals surface area contributed by atoms with Crippen molar-refractivity contribution in [2.75, 3.05) is 11.5 Å². The van der Waals surface area contributed by atoms with Crippen LogP contribution in [0.5, 0.6) is 0 Å². The van der Waals surface area contributed by atoms with Gasteiger partial charge in [0.15, 0.2) is 9.84 Å². The number of benzene rings is 2. The number of hydrogen-bond donors (Lipinski definition) is 0. The fourth-order valence-electron chi connectivity index (χ4n) is 4.06. The van der Waals surface area contributed by atoms with E-state index in [4.69, 9.17) is 16.0 Å². The quantitative estimate of drug-likeness (QED) is 0.581. The van der Waals surface area contributed by atoms with Crippen molar-refractivity contribution >= 4 is 38.3 Å². The Hall–Kier alpha value is -2.31. The lowest BCUT2D eigenvalue weighted by atomic mass is 10.0. The average Bonchev–Trinajstić information content (AvgIpc) is 3.26. The first-order valence-corrected chi connectivity index (χ1v) is 12.1. The minimum absolute atomic E-state index is 0.00371. The fourth-order valence-corrected chi connectivity index (χ4v) is 6.01. The molecule has 1 fully saturated rings. The number of rotatable bonds is 5. The Bertz CT molecular complexity index is 1220. The minimum atomic E-state index is -3.12. The van der Waals surface area contributed by atoms with Crippen molar-refractivity contribution in [1.29, 1.82) is 0 Å². The summed E-state index contributed by atoms with van der Waals surface area (Å²) in [4.78, 5) is 15.0. The molecule has 0 aliphatic carbocycles. The van der Waals surface area contributed by atoms with Gasteiger partial charge in [-0.25, -0.2) is 8.42 Å². The van der Waals surface area contributed by atoms with Gasteiger partial charge < -0.3 is 9.32 Å². The van der Waals surface area contributed by atoms with E-state index >= 15 is 0 Å². The molecular formula is C23H24ClNO4S. The summed E-state index contributed by atoms with van der Waals surface area (Å²) >= 11 is 6.11. The Kier molecular flexibility index (Phi) is 5.64. The summed E-state index contributed by atoms with van der Waals surface area (Å²) in [6, 6.07) is 11.0. The van der Waals surface area contributed by atoms with Crippen molar-refractivity contribution in [3.8, 4) is 0 Å². The Morgan fingerprint density at radius 2 is 2.03 bits per heavy atom. The van der Waals surface area contributed by atoms with Crippen LogP contribution >= 0.6 is 11.6 Å². The number of furan rings is 1. The van der Waals surface area contributed by atoms with Crippen LogP contribution in [-0.2, 0) is 27.6 Å². The zero-order chi connectivity index (χ0) is 21.5. The molecule has 0 spiro atoms. The van der Waals surface area contributed by atoms with E-state index in [-0.39, 0.29) is 29.9 Å². The SMILES string of the molecule is Cc1ccc2c(CC(=O)N(Cc3cccc(Cl)c3)C3CCS(=O)(=O)C3)coc2c1C. The van der Waals surface area contributed by atoms with Crippen molar-refractivity contribution in [2.45, 2.75) is 39.3 Å². The average molecular weight is 446 g/mol. The number of amides is 1. The Balaban J connectivity index is 1.63. The van der Waals surface area contributed by atoms with Crippen LogP contribution in [0.25, 0.3) is 11.0 Å². The molecular weight excluding hydrogens is 422 g/mol. The zero-order valence-electron chi connectivity index (χ0n) is 17.0. The van der Waals surface area contributed by atoms with Gasteiger partial charge in [0.25, 0.3) is 0 Å². The molecule has 158 valence electrons. The molecule has 2 heterocycles. The van der Waals surface area contributed by atoms with Crippen molar-refractivity contribution in [3.05, 3.63) is 69.9 Å². The van der Waals surface area contributed by atoms with E-state index in [0.29, 0.717) is 18.0 Å². The first-order valence-electron chi connectivity index (χ1n) is 9.94. The molecule has 30 heavy (non-hydrogen) atoms. The number of carbonyl (C=O) groups is 1. The summed E-state index contributed by atoms with van der Waals surface area (Å²) in [5.41, 5.74) is 4.68. The van der Waals surface area contributed by atoms with E-state index in [9.17, 15) is 13.2 Å². The number of aryl methyl sites for hydroxylation is 2. The highest BCUT2D eigenvalue weighted by atomic mass is 35.5. The van der Waals surface area contributed by atoms with Crippen LogP contribution in [0.2, 0.25) is 5.02 Å². The summed E-state index contributed by atoms with van der Waals surface area (Å²) in [7, 11) is -3.12. The fraction of sp³-hybridized carbons (Fsp3) is 0.348. The summed E-state index contributed by atoms with van der Waals surface area (Å²) in [5.74, 6) is 0.00594. The molecule has 0 bridgehead atoms. The van der Waals surface area contributed by atoms with Gasteiger partial charge >= 0.3 is 0 Å². The van der Waals surface area contributed by atoms with Crippen molar-refractivity contribution in [1.82, 2.24) is 4.90 Å². The predicted octanol–water partition coefficient (Wildman–Crippen LogP) is 4.46. The number of nitrogens with zero attached hydrogens (tertiary/aromatic N) is 1. The monoisotopic (exact) mass is 445 g/mol. The normalized spacial score (nSPS) is 18.0. The number of hydrogen-bond acceptors (Lipinski definition) is 4. The molecule has 2 aromatic carbocycles. The minimum Gasteiger partial charge on any atom is -0.464 e. The van der Waals surface area contributed by atoms with Gasteiger partial charge in [-0.3, -0.25) is 4.79 Å². The number of halogens is 1. The highest BCUT2D eigenvalue weighted by Gasteiger charge is 2.35. The largest absolute Gasteiger partial charge is 0.464 e. The van der Waals surface area contributed by atoms with Gasteiger partial charge in [0, 0.05) is 28.6 Å². The molecule has 3 aromatic rings. The van der Waals surface area contributed by atoms with Crippen molar-refractivity contribution in [2.24, 2.45) is 0 Å². The second-order valence-corrected chi connectivity index (χ2v) is 10.7. The Morgan fingerprint density at radius 1 is 1.23 bits per heavy atom. The van der Waals surface area contributed by atoms with Gasteiger partial charge in [0.2, 0.25) is 5.91 Å². The number of sulfone groups is 1. The predicted molar refractivity (Wildman–Crippen MR) is 118 cm³/mol. The zero-order valence-corrected chi connectivity index (χ0v) is 18.6. The van der Waals surface area contributed by atoms with Gasteiger partial charge in [-0.15, -0.1) is 0 Å². The summed E-state index contributed by atoms with van der Waals surface area (Å²) in [5, 5.41) is 1.51. The van der Waals surface area contributed by atoms with Crippen LogP contribution < -0.4 is 0 Å². The van der Waals surface area contributed by atoms with Gasteiger partial charge in [-0.05, 0) is 49.1 Å². The van der Waals surface area contributed by atoms with E-state index in [0.717, 1.165) is 33.2 Å². The number of fused-ring (bicyclic) bond motifs is 1. The topological polar surface area (TPSA) is 67.6 Å². The van der Waals surface area contributed by atoms with Crippen LogP contribution in [0, 0.1) is 13.8 Å². The van der Waals surface area contributed by atoms with Crippen LogP contribution in [0.15, 0.2) is 47.1 Å². The molecule has 7 heteroatoms. The van der Waals surface area contributed by atoms with Gasteiger partial charge in [0.1, 0.15) is 5.58 Å². The molecule has 1 saturated heterocycles. The summed E-state index contributed by atoms with van der Waals surface area (Å²) in [6.45, 7) is 4.35. The molecule has 1 aliphatic rings. The van der Waals surface area contributed by atoms with Crippen molar-refractivity contribution < 1.29 is 17.6 Å². The molecule has 5 nitrogen and oxygen atoms in total. The van der Waals surface area contributed by atoms with Crippen LogP contribution in [0.4, 0.5) is 0 Å². The van der Waals surface area contributed by atoms with E-state index in [2.05, 4.69) is 0 Å². The number of carbonyl (C=O) groups excluding carboxylic acids is 1. The highest BCUT2D eigenvalue weighted by Crippen LogP contribution is 2.28. The third-order valence-corrected chi connectivity index (χ3v) is 7.88. The first-order chi connectivity index (χ1) is 14.2. The van der Waals surface area contributed by atoms with Crippen LogP contribution in [0.3, 0.4) is 0 Å². The van der Waals surface area contributed by atoms with Crippen LogP contribution in [-0.4, -0.2) is 36.8 Å². The van der Waals surface area contributed by atoms with Gasteiger partial charge in [-0.2, -0.15) is 0 Å². The molecule has 0 saturated carbocycles. The van der Waals surface area contributed by atoms with E-state index in [1.165, 1.54) is 0 Å². The molecule has 0 radical (unpaired) electrons. The molecule has 1 aromatic heterocycles. The summed E-state index contributed by atoms with van der Waals surface area (Å²) < 4.78 is 29.9. The molecule has 1 unspecified atom stereocenters.